The summed E-state index contributed by atoms with van der Waals surface area (Å²) in [7, 11) is 0. The molecular formula is C20H29N5O8S. The van der Waals surface area contributed by atoms with Crippen molar-refractivity contribution < 1.29 is 39.3 Å². The molecule has 0 aliphatic heterocycles. The number of phenolic OH excluding ortho intramolecular Hbond substituents is 1. The normalized spacial score (nSPS) is 14.2. The van der Waals surface area contributed by atoms with Crippen LogP contribution in [0.1, 0.15) is 18.4 Å². The fourth-order valence-electron chi connectivity index (χ4n) is 2.71. The number of carbonyl (C=O) groups is 5. The molecule has 1 aromatic carbocycles. The Labute approximate surface area is 200 Å². The average molecular weight is 500 g/mol. The molecule has 1 aromatic rings. The summed E-state index contributed by atoms with van der Waals surface area (Å²) in [5.74, 6) is -4.78. The predicted molar refractivity (Wildman–Crippen MR) is 123 cm³/mol. The number of benzene rings is 1. The second kappa shape index (κ2) is 14.0. The first-order valence-electron chi connectivity index (χ1n) is 10.2. The third kappa shape index (κ3) is 9.64. The summed E-state index contributed by atoms with van der Waals surface area (Å²) in [6, 6.07) is 0.439. The molecule has 0 aromatic heterocycles. The van der Waals surface area contributed by atoms with Crippen LogP contribution in [0, 0.1) is 0 Å². The van der Waals surface area contributed by atoms with Crippen molar-refractivity contribution in [2.24, 2.45) is 11.5 Å². The Morgan fingerprint density at radius 2 is 1.44 bits per heavy atom. The van der Waals surface area contributed by atoms with Crippen LogP contribution in [0.5, 0.6) is 5.75 Å². The Kier molecular flexibility index (Phi) is 11.8. The van der Waals surface area contributed by atoms with Gasteiger partial charge in [-0.15, -0.1) is 0 Å². The van der Waals surface area contributed by atoms with Crippen molar-refractivity contribution >= 4 is 42.2 Å². The van der Waals surface area contributed by atoms with Crippen molar-refractivity contribution in [3.05, 3.63) is 29.8 Å². The molecule has 1 rings (SSSR count). The van der Waals surface area contributed by atoms with E-state index in [2.05, 4.69) is 28.6 Å². The van der Waals surface area contributed by atoms with E-state index in [1.807, 2.05) is 0 Å². The Morgan fingerprint density at radius 3 is 1.94 bits per heavy atom. The third-order valence-electron chi connectivity index (χ3n) is 4.66. The average Bonchev–Trinajstić information content (AvgIpc) is 2.79. The lowest BCUT2D eigenvalue weighted by molar-refractivity contribution is -0.142. The van der Waals surface area contributed by atoms with E-state index in [0.717, 1.165) is 0 Å². The van der Waals surface area contributed by atoms with Crippen LogP contribution in [-0.2, 0) is 30.4 Å². The number of aliphatic carboxylic acids is 1. The number of carboxylic acids is 1. The Balaban J connectivity index is 2.75. The number of nitrogens with two attached hydrogens (primary N) is 2. The van der Waals surface area contributed by atoms with Crippen LogP contribution >= 0.6 is 12.6 Å². The smallest absolute Gasteiger partial charge is 0.326 e. The van der Waals surface area contributed by atoms with Crippen molar-refractivity contribution in [1.82, 2.24) is 16.0 Å². The van der Waals surface area contributed by atoms with Gasteiger partial charge in [-0.05, 0) is 24.1 Å². The molecule has 4 amide bonds. The molecule has 4 atom stereocenters. The SMILES string of the molecule is NC(=O)CCC(N)C(=O)NC(CS)C(=O)NC(CO)C(=O)NC(Cc1ccc(O)cc1)C(=O)O. The van der Waals surface area contributed by atoms with Crippen LogP contribution in [-0.4, -0.2) is 81.4 Å². The first-order chi connectivity index (χ1) is 16.0. The molecular weight excluding hydrogens is 470 g/mol. The van der Waals surface area contributed by atoms with Crippen LogP contribution in [0.25, 0.3) is 0 Å². The summed E-state index contributed by atoms with van der Waals surface area (Å²) in [6.07, 6.45) is -0.290. The van der Waals surface area contributed by atoms with Crippen molar-refractivity contribution in [3.63, 3.8) is 0 Å². The lowest BCUT2D eigenvalue weighted by Gasteiger charge is -2.23. The van der Waals surface area contributed by atoms with E-state index in [4.69, 9.17) is 11.5 Å². The number of thiol groups is 1. The minimum Gasteiger partial charge on any atom is -0.508 e. The molecule has 0 radical (unpaired) electrons. The van der Waals surface area contributed by atoms with E-state index in [1.54, 1.807) is 0 Å². The van der Waals surface area contributed by atoms with Gasteiger partial charge in [0.05, 0.1) is 12.6 Å². The molecule has 0 saturated carbocycles. The number of hydrogen-bond donors (Lipinski definition) is 9. The molecule has 0 aliphatic rings. The Bertz CT molecular complexity index is 882. The number of aliphatic hydroxyl groups is 1. The summed E-state index contributed by atoms with van der Waals surface area (Å²) < 4.78 is 0. The molecule has 0 bridgehead atoms. The van der Waals surface area contributed by atoms with E-state index in [0.29, 0.717) is 5.56 Å². The van der Waals surface area contributed by atoms with Crippen LogP contribution in [0.3, 0.4) is 0 Å². The number of nitrogens with one attached hydrogen (secondary N) is 3. The van der Waals surface area contributed by atoms with Crippen LogP contribution < -0.4 is 27.4 Å². The summed E-state index contributed by atoms with van der Waals surface area (Å²) >= 11 is 3.98. The highest BCUT2D eigenvalue weighted by atomic mass is 32.1. The van der Waals surface area contributed by atoms with Crippen molar-refractivity contribution in [1.29, 1.82) is 0 Å². The number of aromatic hydroxyl groups is 1. The van der Waals surface area contributed by atoms with Crippen LogP contribution in [0.4, 0.5) is 0 Å². The Morgan fingerprint density at radius 1 is 0.912 bits per heavy atom. The minimum absolute atomic E-state index is 0.0117. The van der Waals surface area contributed by atoms with E-state index in [9.17, 15) is 39.3 Å². The van der Waals surface area contributed by atoms with Gasteiger partial charge in [0, 0.05) is 18.6 Å². The molecule has 0 fully saturated rings. The highest BCUT2D eigenvalue weighted by Crippen LogP contribution is 2.11. The van der Waals surface area contributed by atoms with Gasteiger partial charge in [-0.1, -0.05) is 12.1 Å². The third-order valence-corrected chi connectivity index (χ3v) is 5.03. The van der Waals surface area contributed by atoms with Gasteiger partial charge in [-0.3, -0.25) is 19.2 Å². The first kappa shape index (κ1) is 28.7. The van der Waals surface area contributed by atoms with E-state index >= 15 is 0 Å². The molecule has 0 saturated heterocycles. The molecule has 34 heavy (non-hydrogen) atoms. The maximum Gasteiger partial charge on any atom is 0.326 e. The molecule has 0 aliphatic carbocycles. The number of carboxylic acid groups (broad SMARTS) is 1. The van der Waals surface area contributed by atoms with E-state index in [1.165, 1.54) is 24.3 Å². The fourth-order valence-corrected chi connectivity index (χ4v) is 2.97. The van der Waals surface area contributed by atoms with Gasteiger partial charge in [0.25, 0.3) is 0 Å². The monoisotopic (exact) mass is 499 g/mol. The quantitative estimate of drug-likeness (QED) is 0.118. The largest absolute Gasteiger partial charge is 0.508 e. The summed E-state index contributed by atoms with van der Waals surface area (Å²) in [5, 5.41) is 35.1. The predicted octanol–water partition coefficient (Wildman–Crippen LogP) is -3.01. The maximum absolute atomic E-state index is 12.5. The van der Waals surface area contributed by atoms with Crippen molar-refractivity contribution in [2.45, 2.75) is 43.4 Å². The molecule has 10 N–H and O–H groups in total. The second-order valence-corrected chi connectivity index (χ2v) is 7.73. The maximum atomic E-state index is 12.5. The molecule has 4 unspecified atom stereocenters. The number of amides is 4. The van der Waals surface area contributed by atoms with Crippen LogP contribution in [0.2, 0.25) is 0 Å². The first-order valence-corrected chi connectivity index (χ1v) is 10.8. The highest BCUT2D eigenvalue weighted by Gasteiger charge is 2.29. The number of primary amides is 1. The van der Waals surface area contributed by atoms with Gasteiger partial charge in [0.1, 0.15) is 23.9 Å². The topological polar surface area (TPSA) is 234 Å². The fraction of sp³-hybridized carbons (Fsp3) is 0.450. The lowest BCUT2D eigenvalue weighted by atomic mass is 10.1. The number of aliphatic hydroxyl groups excluding tert-OH is 1. The van der Waals surface area contributed by atoms with E-state index in [-0.39, 0.29) is 30.8 Å². The number of rotatable bonds is 14. The molecule has 14 heteroatoms. The minimum atomic E-state index is -1.52. The van der Waals surface area contributed by atoms with Gasteiger partial charge in [-0.2, -0.15) is 12.6 Å². The summed E-state index contributed by atoms with van der Waals surface area (Å²) in [4.78, 5) is 59.5. The molecule has 0 spiro atoms. The number of phenols is 1. The van der Waals surface area contributed by atoms with E-state index < -0.39 is 60.4 Å². The van der Waals surface area contributed by atoms with Crippen molar-refractivity contribution in [2.75, 3.05) is 12.4 Å². The van der Waals surface area contributed by atoms with Gasteiger partial charge in [0.15, 0.2) is 0 Å². The number of hydrogen-bond acceptors (Lipinski definition) is 9. The summed E-state index contributed by atoms with van der Waals surface area (Å²) in [6.45, 7) is -0.853. The zero-order valence-electron chi connectivity index (χ0n) is 18.1. The zero-order chi connectivity index (χ0) is 25.8. The van der Waals surface area contributed by atoms with Gasteiger partial charge >= 0.3 is 5.97 Å². The Hall–Kier alpha value is -3.36. The van der Waals surface area contributed by atoms with Gasteiger partial charge in [-0.25, -0.2) is 4.79 Å². The molecule has 0 heterocycles. The van der Waals surface area contributed by atoms with Gasteiger partial charge in [0.2, 0.25) is 23.6 Å². The molecule has 13 nitrogen and oxygen atoms in total. The summed E-state index contributed by atoms with van der Waals surface area (Å²) in [5.41, 5.74) is 11.2. The second-order valence-electron chi connectivity index (χ2n) is 7.37. The lowest BCUT2D eigenvalue weighted by Crippen LogP contribution is -2.58. The van der Waals surface area contributed by atoms with Crippen LogP contribution in [0.15, 0.2) is 24.3 Å². The van der Waals surface area contributed by atoms with Crippen molar-refractivity contribution in [3.8, 4) is 5.75 Å². The highest BCUT2D eigenvalue weighted by molar-refractivity contribution is 7.80. The standard InChI is InChI=1S/C20H29N5O8S/c21-12(5-6-16(22)28)17(29)25-15(9-34)19(31)24-14(8-26)18(30)23-13(20(32)33)7-10-1-3-11(27)4-2-10/h1-4,12-15,26-27,34H,5-9,21H2,(H2,22,28)(H,23,30)(H,24,31)(H,25,29)(H,32,33). The van der Waals surface area contributed by atoms with Gasteiger partial charge < -0.3 is 42.7 Å². The number of carbonyl (C=O) groups excluding carboxylic acids is 4. The molecule has 188 valence electrons. The zero-order valence-corrected chi connectivity index (χ0v) is 19.0.